The topological polar surface area (TPSA) is 138 Å². The number of hydrogen-bond donors (Lipinski definition) is 3. The van der Waals surface area contributed by atoms with Crippen LogP contribution in [0.5, 0.6) is 5.75 Å². The van der Waals surface area contributed by atoms with Crippen LogP contribution < -0.4 is 21.7 Å². The van der Waals surface area contributed by atoms with Crippen LogP contribution in [0.15, 0.2) is 35.7 Å². The van der Waals surface area contributed by atoms with Crippen LogP contribution in [0.4, 0.5) is 0 Å². The van der Waals surface area contributed by atoms with E-state index in [4.69, 9.17) is 16.3 Å². The highest BCUT2D eigenvalue weighted by atomic mass is 16.5. The van der Waals surface area contributed by atoms with E-state index in [0.29, 0.717) is 11.3 Å². The minimum Gasteiger partial charge on any atom is -0.440 e. The number of nitrogens with one attached hydrogen (secondary N) is 1. The molecule has 0 radical (unpaired) electrons. The zero-order valence-electron chi connectivity index (χ0n) is 10.3. The Morgan fingerprint density at radius 2 is 2.10 bits per heavy atom. The van der Waals surface area contributed by atoms with Gasteiger partial charge in [0.2, 0.25) is 5.88 Å². The van der Waals surface area contributed by atoms with Crippen molar-refractivity contribution in [3.05, 3.63) is 41.3 Å². The number of hydrazine groups is 1. The van der Waals surface area contributed by atoms with Crippen molar-refractivity contribution in [2.75, 3.05) is 0 Å². The molecule has 1 aliphatic rings. The van der Waals surface area contributed by atoms with Crippen molar-refractivity contribution in [3.63, 3.8) is 0 Å². The Morgan fingerprint density at radius 3 is 2.70 bits per heavy atom. The lowest BCUT2D eigenvalue weighted by Crippen LogP contribution is -2.39. The fourth-order valence-electron chi connectivity index (χ4n) is 2.16. The SMILES string of the molecule is N#CC1=C(N)Oc2ccccc2C1C(C#N)C(=O)NN. The molecule has 2 rings (SSSR count). The summed E-state index contributed by atoms with van der Waals surface area (Å²) < 4.78 is 5.34. The standard InChI is InChI=1S/C13H11N5O2/c14-5-8-11(9(6-15)13(19)18-17)7-3-1-2-4-10(7)20-12(8)16/h1-4,9,11H,16-17H2,(H,18,19). The number of carbonyl (C=O) groups excluding carboxylic acids is 1. The highest BCUT2D eigenvalue weighted by Gasteiger charge is 2.38. The zero-order chi connectivity index (χ0) is 14.7. The quantitative estimate of drug-likeness (QED) is 0.392. The molecule has 5 N–H and O–H groups in total. The molecule has 0 saturated carbocycles. The molecule has 0 spiro atoms. The number of ether oxygens (including phenoxy) is 1. The van der Waals surface area contributed by atoms with E-state index in [-0.39, 0.29) is 11.5 Å². The van der Waals surface area contributed by atoms with Gasteiger partial charge in [-0.3, -0.25) is 10.2 Å². The number of hydrogen-bond acceptors (Lipinski definition) is 6. The molecular formula is C13H11N5O2. The number of carbonyl (C=O) groups is 1. The first-order chi connectivity index (χ1) is 9.63. The van der Waals surface area contributed by atoms with Gasteiger partial charge in [0.05, 0.1) is 17.6 Å². The number of rotatable bonds is 2. The molecule has 7 nitrogen and oxygen atoms in total. The van der Waals surface area contributed by atoms with Gasteiger partial charge in [0, 0.05) is 5.56 Å². The lowest BCUT2D eigenvalue weighted by molar-refractivity contribution is -0.123. The van der Waals surface area contributed by atoms with Gasteiger partial charge < -0.3 is 10.5 Å². The number of nitrogens with two attached hydrogens (primary N) is 2. The molecule has 2 unspecified atom stereocenters. The molecule has 1 amide bonds. The smallest absolute Gasteiger partial charge is 0.252 e. The van der Waals surface area contributed by atoms with Gasteiger partial charge in [-0.25, -0.2) is 5.84 Å². The maximum Gasteiger partial charge on any atom is 0.252 e. The largest absolute Gasteiger partial charge is 0.440 e. The molecule has 1 heterocycles. The normalized spacial score (nSPS) is 18.1. The molecule has 0 aromatic heterocycles. The maximum atomic E-state index is 11.7. The van der Waals surface area contributed by atoms with Gasteiger partial charge in [0.25, 0.3) is 5.91 Å². The fraction of sp³-hybridized carbons (Fsp3) is 0.154. The third-order valence-electron chi connectivity index (χ3n) is 3.07. The molecule has 0 saturated heterocycles. The third kappa shape index (κ3) is 2.03. The Labute approximate surface area is 115 Å². The molecule has 1 aromatic carbocycles. The van der Waals surface area contributed by atoms with E-state index in [1.165, 1.54) is 0 Å². The summed E-state index contributed by atoms with van der Waals surface area (Å²) in [5.74, 6) is 2.73. The minimum atomic E-state index is -1.17. The molecule has 0 aliphatic carbocycles. The summed E-state index contributed by atoms with van der Waals surface area (Å²) in [6.07, 6.45) is 0. The number of fused-ring (bicyclic) bond motifs is 1. The number of nitriles is 2. The van der Waals surface area contributed by atoms with Crippen molar-refractivity contribution < 1.29 is 9.53 Å². The lowest BCUT2D eigenvalue weighted by atomic mass is 9.79. The summed E-state index contributed by atoms with van der Waals surface area (Å²) in [5.41, 5.74) is 8.21. The van der Waals surface area contributed by atoms with Crippen molar-refractivity contribution in [2.45, 2.75) is 5.92 Å². The summed E-state index contributed by atoms with van der Waals surface area (Å²) in [4.78, 5) is 11.7. The van der Waals surface area contributed by atoms with Crippen LogP contribution in [0.25, 0.3) is 0 Å². The molecule has 20 heavy (non-hydrogen) atoms. The molecule has 1 aliphatic heterocycles. The second-order valence-electron chi connectivity index (χ2n) is 4.12. The molecule has 0 bridgehead atoms. The van der Waals surface area contributed by atoms with E-state index >= 15 is 0 Å². The number of nitrogens with zero attached hydrogens (tertiary/aromatic N) is 2. The Hall–Kier alpha value is -3.03. The molecule has 2 atom stereocenters. The van der Waals surface area contributed by atoms with Crippen LogP contribution in [0.3, 0.4) is 0 Å². The first-order valence-electron chi connectivity index (χ1n) is 5.70. The highest BCUT2D eigenvalue weighted by Crippen LogP contribution is 2.41. The van der Waals surface area contributed by atoms with Crippen LogP contribution in [0.1, 0.15) is 11.5 Å². The van der Waals surface area contributed by atoms with Crippen molar-refractivity contribution in [3.8, 4) is 17.9 Å². The summed E-state index contributed by atoms with van der Waals surface area (Å²) >= 11 is 0. The van der Waals surface area contributed by atoms with Gasteiger partial charge in [0.15, 0.2) is 0 Å². The molecule has 0 fully saturated rings. The summed E-state index contributed by atoms with van der Waals surface area (Å²) in [5, 5.41) is 18.4. The average Bonchev–Trinajstić information content (AvgIpc) is 2.47. The molecule has 100 valence electrons. The first kappa shape index (κ1) is 13.4. The van der Waals surface area contributed by atoms with Crippen molar-refractivity contribution in [1.29, 1.82) is 10.5 Å². The number of benzene rings is 1. The van der Waals surface area contributed by atoms with E-state index < -0.39 is 17.7 Å². The van der Waals surface area contributed by atoms with Gasteiger partial charge in [-0.15, -0.1) is 0 Å². The summed E-state index contributed by atoms with van der Waals surface area (Å²) in [7, 11) is 0. The predicted octanol–water partition coefficient (Wildman–Crippen LogP) is -0.0138. The van der Waals surface area contributed by atoms with Gasteiger partial charge in [-0.2, -0.15) is 10.5 Å². The Bertz CT molecular complexity index is 668. The minimum absolute atomic E-state index is 0.0406. The Kier molecular flexibility index (Phi) is 3.56. The number of allylic oxidation sites excluding steroid dienone is 1. The van der Waals surface area contributed by atoms with Crippen LogP contribution in [-0.4, -0.2) is 5.91 Å². The molecule has 1 aromatic rings. The van der Waals surface area contributed by atoms with Crippen LogP contribution in [0.2, 0.25) is 0 Å². The average molecular weight is 269 g/mol. The van der Waals surface area contributed by atoms with Gasteiger partial charge in [0.1, 0.15) is 17.7 Å². The second-order valence-corrected chi connectivity index (χ2v) is 4.12. The summed E-state index contributed by atoms with van der Waals surface area (Å²) in [6.45, 7) is 0. The van der Waals surface area contributed by atoms with E-state index in [0.717, 1.165) is 0 Å². The lowest BCUT2D eigenvalue weighted by Gasteiger charge is -2.27. The number of amides is 1. The van der Waals surface area contributed by atoms with Crippen LogP contribution in [-0.2, 0) is 4.79 Å². The van der Waals surface area contributed by atoms with Crippen molar-refractivity contribution in [1.82, 2.24) is 5.43 Å². The maximum absolute atomic E-state index is 11.7. The Balaban J connectivity index is 2.62. The van der Waals surface area contributed by atoms with E-state index in [1.54, 1.807) is 24.3 Å². The summed E-state index contributed by atoms with van der Waals surface area (Å²) in [6, 6.07) is 10.5. The highest BCUT2D eigenvalue weighted by molar-refractivity contribution is 5.83. The van der Waals surface area contributed by atoms with Crippen LogP contribution >= 0.6 is 0 Å². The molecule has 7 heteroatoms. The monoisotopic (exact) mass is 269 g/mol. The number of para-hydroxylation sites is 1. The van der Waals surface area contributed by atoms with Gasteiger partial charge in [-0.1, -0.05) is 18.2 Å². The van der Waals surface area contributed by atoms with Crippen molar-refractivity contribution >= 4 is 5.91 Å². The first-order valence-corrected chi connectivity index (χ1v) is 5.70. The Morgan fingerprint density at radius 1 is 1.40 bits per heavy atom. The van der Waals surface area contributed by atoms with E-state index in [9.17, 15) is 15.3 Å². The fourth-order valence-corrected chi connectivity index (χ4v) is 2.16. The van der Waals surface area contributed by atoms with Gasteiger partial charge in [-0.05, 0) is 6.07 Å². The zero-order valence-corrected chi connectivity index (χ0v) is 10.3. The van der Waals surface area contributed by atoms with E-state index in [1.807, 2.05) is 17.6 Å². The van der Waals surface area contributed by atoms with Crippen LogP contribution in [0, 0.1) is 28.6 Å². The second kappa shape index (κ2) is 5.31. The predicted molar refractivity (Wildman–Crippen MR) is 68.1 cm³/mol. The van der Waals surface area contributed by atoms with E-state index in [2.05, 4.69) is 0 Å². The third-order valence-corrected chi connectivity index (χ3v) is 3.07. The van der Waals surface area contributed by atoms with Gasteiger partial charge >= 0.3 is 0 Å². The van der Waals surface area contributed by atoms with Crippen molar-refractivity contribution in [2.24, 2.45) is 17.5 Å². The molecular weight excluding hydrogens is 258 g/mol.